The number of phenols is 1. The summed E-state index contributed by atoms with van der Waals surface area (Å²) in [4.78, 5) is 4.47. The van der Waals surface area contributed by atoms with Crippen LogP contribution in [-0.2, 0) is 6.42 Å². The van der Waals surface area contributed by atoms with Crippen molar-refractivity contribution < 1.29 is 5.11 Å². The van der Waals surface area contributed by atoms with Gasteiger partial charge in [-0.2, -0.15) is 0 Å². The van der Waals surface area contributed by atoms with Crippen LogP contribution in [0.5, 0.6) is 5.75 Å². The number of aromatic hydroxyl groups is 1. The Kier molecular flexibility index (Phi) is 6.31. The van der Waals surface area contributed by atoms with Crippen LogP contribution >= 0.6 is 11.6 Å². The Morgan fingerprint density at radius 1 is 1.04 bits per heavy atom. The highest BCUT2D eigenvalue weighted by Gasteiger charge is 2.14. The van der Waals surface area contributed by atoms with Gasteiger partial charge in [0, 0.05) is 17.9 Å². The van der Waals surface area contributed by atoms with Crippen molar-refractivity contribution in [2.24, 2.45) is 0 Å². The van der Waals surface area contributed by atoms with Crippen molar-refractivity contribution in [3.05, 3.63) is 53.1 Å². The lowest BCUT2D eigenvalue weighted by Gasteiger charge is -2.28. The molecule has 0 aliphatic carbocycles. The molecule has 23 heavy (non-hydrogen) atoms. The van der Waals surface area contributed by atoms with Crippen molar-refractivity contribution >= 4 is 23.0 Å². The summed E-state index contributed by atoms with van der Waals surface area (Å²) in [5, 5.41) is 10.1. The second kappa shape index (κ2) is 8.23. The Hall–Kier alpha value is -1.71. The van der Waals surface area contributed by atoms with E-state index in [2.05, 4.69) is 55.1 Å². The lowest BCUT2D eigenvalue weighted by molar-refractivity contribution is 0.402. The SMILES string of the molecule is CCc1ccccc1N(CCCN(C)C)c1ccc(O)c(Cl)c1. The topological polar surface area (TPSA) is 26.7 Å². The largest absolute Gasteiger partial charge is 0.506 e. The fourth-order valence-electron chi connectivity index (χ4n) is 2.67. The molecule has 0 fully saturated rings. The molecule has 2 aromatic rings. The van der Waals surface area contributed by atoms with Crippen molar-refractivity contribution in [1.29, 1.82) is 0 Å². The molecule has 2 aromatic carbocycles. The van der Waals surface area contributed by atoms with Gasteiger partial charge in [0.25, 0.3) is 0 Å². The average Bonchev–Trinajstić information content (AvgIpc) is 2.54. The number of hydrogen-bond acceptors (Lipinski definition) is 3. The first-order valence-electron chi connectivity index (χ1n) is 8.01. The molecule has 2 rings (SSSR count). The van der Waals surface area contributed by atoms with Crippen LogP contribution in [0.25, 0.3) is 0 Å². The van der Waals surface area contributed by atoms with Crippen LogP contribution in [-0.4, -0.2) is 37.2 Å². The van der Waals surface area contributed by atoms with Gasteiger partial charge in [-0.1, -0.05) is 36.7 Å². The van der Waals surface area contributed by atoms with Gasteiger partial charge in [0.2, 0.25) is 0 Å². The number of hydrogen-bond donors (Lipinski definition) is 1. The van der Waals surface area contributed by atoms with E-state index in [1.54, 1.807) is 6.07 Å². The van der Waals surface area contributed by atoms with E-state index >= 15 is 0 Å². The zero-order chi connectivity index (χ0) is 16.8. The van der Waals surface area contributed by atoms with Crippen LogP contribution < -0.4 is 4.90 Å². The molecule has 0 bridgehead atoms. The summed E-state index contributed by atoms with van der Waals surface area (Å²) < 4.78 is 0. The molecule has 124 valence electrons. The van der Waals surface area contributed by atoms with Gasteiger partial charge in [0.15, 0.2) is 0 Å². The Morgan fingerprint density at radius 3 is 2.43 bits per heavy atom. The summed E-state index contributed by atoms with van der Waals surface area (Å²) in [6.45, 7) is 4.09. The number of benzene rings is 2. The first kappa shape index (κ1) is 17.6. The van der Waals surface area contributed by atoms with Crippen LogP contribution in [0.1, 0.15) is 18.9 Å². The van der Waals surface area contributed by atoms with E-state index in [9.17, 15) is 5.11 Å². The molecule has 1 N–H and O–H groups in total. The third kappa shape index (κ3) is 4.63. The Bertz CT molecular complexity index is 643. The maximum atomic E-state index is 9.69. The first-order valence-corrected chi connectivity index (χ1v) is 8.39. The first-order chi connectivity index (χ1) is 11.0. The molecule has 0 radical (unpaired) electrons. The molecular formula is C19H25ClN2O. The molecule has 0 unspecified atom stereocenters. The fourth-order valence-corrected chi connectivity index (χ4v) is 2.85. The van der Waals surface area contributed by atoms with Gasteiger partial charge in [0.05, 0.1) is 5.02 Å². The predicted octanol–water partition coefficient (Wildman–Crippen LogP) is 4.70. The minimum Gasteiger partial charge on any atom is -0.506 e. The van der Waals surface area contributed by atoms with Crippen LogP contribution in [0.3, 0.4) is 0 Å². The van der Waals surface area contributed by atoms with Gasteiger partial charge in [0.1, 0.15) is 5.75 Å². The monoisotopic (exact) mass is 332 g/mol. The number of rotatable bonds is 7. The Morgan fingerprint density at radius 2 is 1.78 bits per heavy atom. The second-order valence-corrected chi connectivity index (χ2v) is 6.33. The quantitative estimate of drug-likeness (QED) is 0.796. The number of para-hydroxylation sites is 1. The molecule has 0 saturated heterocycles. The van der Waals surface area contributed by atoms with E-state index in [1.807, 2.05) is 12.1 Å². The van der Waals surface area contributed by atoms with Crippen LogP contribution in [0.15, 0.2) is 42.5 Å². The molecule has 0 heterocycles. The summed E-state index contributed by atoms with van der Waals surface area (Å²) >= 11 is 6.12. The van der Waals surface area contributed by atoms with E-state index in [1.165, 1.54) is 11.3 Å². The van der Waals surface area contributed by atoms with Gasteiger partial charge in [-0.05, 0) is 63.3 Å². The molecular weight excluding hydrogens is 308 g/mol. The molecule has 4 heteroatoms. The molecule has 0 aliphatic rings. The number of phenolic OH excluding ortho intramolecular Hbond substituents is 1. The third-order valence-electron chi connectivity index (χ3n) is 3.89. The fraction of sp³-hybridized carbons (Fsp3) is 0.368. The van der Waals surface area contributed by atoms with Gasteiger partial charge < -0.3 is 14.9 Å². The average molecular weight is 333 g/mol. The lowest BCUT2D eigenvalue weighted by Crippen LogP contribution is -2.24. The normalized spacial score (nSPS) is 11.0. The minimum atomic E-state index is 0.118. The van der Waals surface area contributed by atoms with E-state index in [0.29, 0.717) is 5.02 Å². The predicted molar refractivity (Wildman–Crippen MR) is 99.1 cm³/mol. The molecule has 0 aromatic heterocycles. The second-order valence-electron chi connectivity index (χ2n) is 5.93. The van der Waals surface area contributed by atoms with Crippen LogP contribution in [0.2, 0.25) is 5.02 Å². The molecule has 0 atom stereocenters. The van der Waals surface area contributed by atoms with Crippen LogP contribution in [0, 0.1) is 0 Å². The highest BCUT2D eigenvalue weighted by atomic mass is 35.5. The highest BCUT2D eigenvalue weighted by molar-refractivity contribution is 6.32. The molecule has 0 saturated carbocycles. The lowest BCUT2D eigenvalue weighted by atomic mass is 10.1. The summed E-state index contributed by atoms with van der Waals surface area (Å²) in [6, 6.07) is 13.9. The summed E-state index contributed by atoms with van der Waals surface area (Å²) in [6.07, 6.45) is 2.02. The van der Waals surface area contributed by atoms with Crippen molar-refractivity contribution in [3.8, 4) is 5.75 Å². The molecule has 3 nitrogen and oxygen atoms in total. The van der Waals surface area contributed by atoms with E-state index < -0.39 is 0 Å². The minimum absolute atomic E-state index is 0.118. The third-order valence-corrected chi connectivity index (χ3v) is 4.20. The molecule has 0 aliphatic heterocycles. The van der Waals surface area contributed by atoms with Crippen molar-refractivity contribution in [2.45, 2.75) is 19.8 Å². The smallest absolute Gasteiger partial charge is 0.134 e. The number of anilines is 2. The van der Waals surface area contributed by atoms with Crippen molar-refractivity contribution in [3.63, 3.8) is 0 Å². The molecule has 0 spiro atoms. The van der Waals surface area contributed by atoms with E-state index in [0.717, 1.165) is 31.6 Å². The van der Waals surface area contributed by atoms with Gasteiger partial charge >= 0.3 is 0 Å². The van der Waals surface area contributed by atoms with Crippen molar-refractivity contribution in [1.82, 2.24) is 4.90 Å². The molecule has 0 amide bonds. The maximum absolute atomic E-state index is 9.69. The summed E-state index contributed by atoms with van der Waals surface area (Å²) in [5.74, 6) is 0.118. The number of nitrogens with zero attached hydrogens (tertiary/aromatic N) is 2. The number of aryl methyl sites for hydroxylation is 1. The van der Waals surface area contributed by atoms with E-state index in [-0.39, 0.29) is 5.75 Å². The highest BCUT2D eigenvalue weighted by Crippen LogP contribution is 2.34. The van der Waals surface area contributed by atoms with E-state index in [4.69, 9.17) is 11.6 Å². The summed E-state index contributed by atoms with van der Waals surface area (Å²) in [5.41, 5.74) is 3.52. The standard InChI is InChI=1S/C19H25ClN2O/c1-4-15-8-5-6-9-18(15)22(13-7-12-21(2)3)16-10-11-19(23)17(20)14-16/h5-6,8-11,14,23H,4,7,12-13H2,1-3H3. The van der Waals surface area contributed by atoms with Gasteiger partial charge in [-0.15, -0.1) is 0 Å². The maximum Gasteiger partial charge on any atom is 0.134 e. The number of halogens is 1. The van der Waals surface area contributed by atoms with Gasteiger partial charge in [-0.25, -0.2) is 0 Å². The van der Waals surface area contributed by atoms with Crippen molar-refractivity contribution in [2.75, 3.05) is 32.1 Å². The zero-order valence-corrected chi connectivity index (χ0v) is 14.8. The zero-order valence-electron chi connectivity index (χ0n) is 14.1. The Balaban J connectivity index is 2.36. The Labute approximate surface area is 144 Å². The van der Waals surface area contributed by atoms with Crippen LogP contribution in [0.4, 0.5) is 11.4 Å². The summed E-state index contributed by atoms with van der Waals surface area (Å²) in [7, 11) is 4.17. The van der Waals surface area contributed by atoms with Gasteiger partial charge in [-0.3, -0.25) is 0 Å².